The van der Waals surface area contributed by atoms with Gasteiger partial charge in [0.1, 0.15) is 43.5 Å². The van der Waals surface area contributed by atoms with Crippen LogP contribution in [0.4, 0.5) is 0 Å². The molecule has 1 fully saturated rings. The standard InChI is InChI=1S/C70H93N3O16Si/c1-44(31-33-58(48(5)66-45(2)35-65(80-13)88-66)86-43-82-39-49-32-34-59(77-10)62(36-49)79-12)60(78-11)38-61-47(4)57(76-9)29-22-30-63-71-54(41-83-63)68-73-55(42-85-68)69-72-53(40-84-69)67(81-14)46(3)56(74)28-21-23-50(37-64(75)87-61)89-90(70(6,7)8,51-24-17-15-18-25-51)52-26-19-16-20-27-52/h15-22,24-28,30,32,34,36,40-42,44-48,50,57-58,60-61,65-67H,23,29,31,33,35,37-39,43H2,1-14H3/b28-21+,30-22+/t44-,45+,46-,47-,48-,50-,57-,58+,60-,61-,65?,66+,67?/m0/s1. The van der Waals surface area contributed by atoms with Crippen LogP contribution < -0.4 is 19.8 Å². The van der Waals surface area contributed by atoms with E-state index < -0.39 is 49.7 Å². The molecule has 8 rings (SSSR count). The van der Waals surface area contributed by atoms with E-state index >= 15 is 4.79 Å². The lowest BCUT2D eigenvalue weighted by molar-refractivity contribution is -0.163. The van der Waals surface area contributed by atoms with Crippen LogP contribution in [-0.2, 0) is 58.5 Å². The first-order valence-electron chi connectivity index (χ1n) is 31.2. The van der Waals surface area contributed by atoms with Crippen LogP contribution in [0, 0.1) is 29.6 Å². The van der Waals surface area contributed by atoms with E-state index in [1.165, 1.54) is 32.0 Å². The smallest absolute Gasteiger partial charge is 0.308 e. The number of aromatic nitrogens is 3. The van der Waals surface area contributed by atoms with Crippen LogP contribution in [0.25, 0.3) is 29.2 Å². The van der Waals surface area contributed by atoms with Crippen LogP contribution in [0.5, 0.6) is 11.5 Å². The highest BCUT2D eigenvalue weighted by molar-refractivity contribution is 6.99. The summed E-state index contributed by atoms with van der Waals surface area (Å²) in [4.78, 5) is 43.4. The lowest BCUT2D eigenvalue weighted by Crippen LogP contribution is -2.67. The fraction of sp³-hybridized carbons (Fsp3) is 0.529. The predicted molar refractivity (Wildman–Crippen MR) is 342 cm³/mol. The number of carbonyl (C=O) groups is 2. The number of carbonyl (C=O) groups excluding carboxylic acids is 2. The topological polar surface area (TPSA) is 214 Å². The molecule has 2 aliphatic rings. The monoisotopic (exact) mass is 1260 g/mol. The Labute approximate surface area is 531 Å². The highest BCUT2D eigenvalue weighted by Gasteiger charge is 2.52. The van der Waals surface area contributed by atoms with Gasteiger partial charge < -0.3 is 65.0 Å². The lowest BCUT2D eigenvalue weighted by Gasteiger charge is -2.45. The first-order valence-corrected chi connectivity index (χ1v) is 33.1. The Balaban J connectivity index is 1.10. The third-order valence-corrected chi connectivity index (χ3v) is 22.9. The molecule has 0 aliphatic carbocycles. The van der Waals surface area contributed by atoms with E-state index in [0.717, 1.165) is 22.4 Å². The molecule has 2 aliphatic heterocycles. The van der Waals surface area contributed by atoms with Crippen LogP contribution in [0.3, 0.4) is 0 Å². The fourth-order valence-corrected chi connectivity index (χ4v) is 17.3. The van der Waals surface area contributed by atoms with E-state index in [4.69, 9.17) is 65.0 Å². The Morgan fingerprint density at radius 1 is 0.711 bits per heavy atom. The molecule has 2 unspecified atom stereocenters. The molecule has 1 saturated heterocycles. The number of fused-ring (bicyclic) bond motifs is 8. The van der Waals surface area contributed by atoms with Crippen LogP contribution >= 0.6 is 0 Å². The molecule has 3 aromatic carbocycles. The molecule has 6 bridgehead atoms. The van der Waals surface area contributed by atoms with Gasteiger partial charge in [-0.3, -0.25) is 9.59 Å². The van der Waals surface area contributed by atoms with Crippen molar-refractivity contribution in [3.05, 3.63) is 133 Å². The van der Waals surface area contributed by atoms with Crippen molar-refractivity contribution in [2.45, 2.75) is 161 Å². The number of methoxy groups -OCH3 is 6. The highest BCUT2D eigenvalue weighted by Crippen LogP contribution is 2.40. The maximum absolute atomic E-state index is 15.3. The molecule has 19 nitrogen and oxygen atoms in total. The second-order valence-electron chi connectivity index (χ2n) is 24.8. The summed E-state index contributed by atoms with van der Waals surface area (Å²) in [5.41, 5.74) is 1.98. The first kappa shape index (κ1) is 69.3. The molecule has 0 radical (unpaired) electrons. The van der Waals surface area contributed by atoms with Crippen molar-refractivity contribution >= 4 is 36.5 Å². The molecule has 20 heteroatoms. The average Bonchev–Trinajstić information content (AvgIpc) is 1.70. The summed E-state index contributed by atoms with van der Waals surface area (Å²) in [7, 11) is 6.47. The summed E-state index contributed by atoms with van der Waals surface area (Å²) in [6.45, 7) is 17.3. The molecule has 0 saturated carbocycles. The number of hydrogen-bond acceptors (Lipinski definition) is 19. The van der Waals surface area contributed by atoms with Gasteiger partial charge in [0.2, 0.25) is 17.7 Å². The Morgan fingerprint density at radius 2 is 1.38 bits per heavy atom. The van der Waals surface area contributed by atoms with E-state index in [1.54, 1.807) is 54.6 Å². The second kappa shape index (κ2) is 32.6. The average molecular weight is 1260 g/mol. The van der Waals surface area contributed by atoms with Crippen molar-refractivity contribution in [3.63, 3.8) is 0 Å². The van der Waals surface area contributed by atoms with Crippen molar-refractivity contribution in [1.29, 1.82) is 0 Å². The van der Waals surface area contributed by atoms with Gasteiger partial charge in [0.15, 0.2) is 35.0 Å². The first-order chi connectivity index (χ1) is 43.3. The number of benzene rings is 3. The second-order valence-corrected chi connectivity index (χ2v) is 29.1. The molecule has 90 heavy (non-hydrogen) atoms. The largest absolute Gasteiger partial charge is 0.493 e. The highest BCUT2D eigenvalue weighted by atomic mass is 28.4. The number of nitrogens with zero attached hydrogens (tertiary/aromatic N) is 3. The van der Waals surface area contributed by atoms with E-state index in [1.807, 2.05) is 67.6 Å². The normalized spacial score (nSPS) is 24.4. The molecule has 13 atom stereocenters. The number of hydrogen-bond donors (Lipinski definition) is 0. The molecule has 5 heterocycles. The number of rotatable bonds is 23. The zero-order valence-corrected chi connectivity index (χ0v) is 55.8. The summed E-state index contributed by atoms with van der Waals surface area (Å²) < 4.78 is 86.6. The fourth-order valence-electron chi connectivity index (χ4n) is 12.6. The Morgan fingerprint density at radius 3 is 2.02 bits per heavy atom. The van der Waals surface area contributed by atoms with Crippen molar-refractivity contribution in [1.82, 2.24) is 15.0 Å². The zero-order chi connectivity index (χ0) is 64.5. The van der Waals surface area contributed by atoms with E-state index in [0.29, 0.717) is 66.8 Å². The number of allylic oxidation sites excluding steroid dienone is 1. The van der Waals surface area contributed by atoms with Gasteiger partial charge in [0, 0.05) is 53.1 Å². The number of ketones is 1. The van der Waals surface area contributed by atoms with Crippen molar-refractivity contribution in [3.8, 4) is 34.7 Å². The van der Waals surface area contributed by atoms with Gasteiger partial charge in [-0.1, -0.05) is 134 Å². The molecule has 0 N–H and O–H groups in total. The quantitative estimate of drug-likeness (QED) is 0.0252. The van der Waals surface area contributed by atoms with Crippen LogP contribution in [0.1, 0.15) is 124 Å². The maximum Gasteiger partial charge on any atom is 0.308 e. The van der Waals surface area contributed by atoms with Gasteiger partial charge in [-0.05, 0) is 82.8 Å². The summed E-state index contributed by atoms with van der Waals surface area (Å²) in [5.74, 6) is 0.311. The maximum atomic E-state index is 15.3. The predicted octanol–water partition coefficient (Wildman–Crippen LogP) is 12.6. The van der Waals surface area contributed by atoms with Gasteiger partial charge in [0.05, 0.1) is 63.7 Å². The summed E-state index contributed by atoms with van der Waals surface area (Å²) in [6, 6.07) is 26.2. The van der Waals surface area contributed by atoms with Crippen molar-refractivity contribution < 1.29 is 74.6 Å². The minimum absolute atomic E-state index is 0.0224. The van der Waals surface area contributed by atoms with Crippen LogP contribution in [0.15, 0.2) is 129 Å². The number of esters is 1. The Hall–Kier alpha value is -6.59. The molecular formula is C70H93N3O16Si. The van der Waals surface area contributed by atoms with Gasteiger partial charge in [-0.2, -0.15) is 0 Å². The van der Waals surface area contributed by atoms with E-state index in [-0.39, 0.29) is 85.5 Å². The molecule has 3 aromatic heterocycles. The van der Waals surface area contributed by atoms with Gasteiger partial charge in [-0.15, -0.1) is 0 Å². The molecule has 6 aromatic rings. The SMILES string of the molecule is COc1ccc(COCO[C@H](CC[C@H](C)[C@H](C[C@@H]2OC(=O)C[C@@H](O[Si](c3ccccc3)(c3ccccc3)C(C)(C)C)C/C=C/C(=O)[C@H](C)C(OC)c3coc(n3)-c3coc(n3)-c3coc(n3)/C=C/C[C@H](OC)[C@@H]2C)OC)[C@H](C)[C@@H]2OC(OC)C[C@H]2C)cc1OC. The molecule has 0 spiro atoms. The number of cyclic esters (lactones) is 1. The Bertz CT molecular complexity index is 3190. The number of oxazole rings is 3. The van der Waals surface area contributed by atoms with Gasteiger partial charge >= 0.3 is 5.97 Å². The molecular weight excluding hydrogens is 1170 g/mol. The van der Waals surface area contributed by atoms with Crippen molar-refractivity contribution in [2.75, 3.05) is 49.5 Å². The van der Waals surface area contributed by atoms with Crippen molar-refractivity contribution in [2.24, 2.45) is 29.6 Å². The van der Waals surface area contributed by atoms with Gasteiger partial charge in [-0.25, -0.2) is 15.0 Å². The lowest BCUT2D eigenvalue weighted by atomic mass is 9.84. The Kier molecular flexibility index (Phi) is 25.1. The van der Waals surface area contributed by atoms with Gasteiger partial charge in [0.25, 0.3) is 8.32 Å². The molecule has 0 amide bonds. The minimum atomic E-state index is -3.29. The minimum Gasteiger partial charge on any atom is -0.493 e. The third kappa shape index (κ3) is 17.1. The summed E-state index contributed by atoms with van der Waals surface area (Å²) >= 11 is 0. The number of ether oxygens (including phenoxy) is 10. The zero-order valence-electron chi connectivity index (χ0n) is 54.8. The van der Waals surface area contributed by atoms with Crippen LogP contribution in [-0.4, -0.2) is 127 Å². The third-order valence-electron chi connectivity index (χ3n) is 17.8. The van der Waals surface area contributed by atoms with E-state index in [2.05, 4.69) is 80.8 Å². The summed E-state index contributed by atoms with van der Waals surface area (Å²) in [6.07, 6.45) is 10.5. The summed E-state index contributed by atoms with van der Waals surface area (Å²) in [5, 5.41) is 1.63. The van der Waals surface area contributed by atoms with E-state index in [9.17, 15) is 4.79 Å². The van der Waals surface area contributed by atoms with Crippen LogP contribution in [0.2, 0.25) is 5.04 Å². The molecule has 488 valence electrons.